The van der Waals surface area contributed by atoms with E-state index >= 15 is 0 Å². The number of nitrogens with two attached hydrogens (primary N) is 1. The van der Waals surface area contributed by atoms with E-state index < -0.39 is 0 Å². The number of rotatable bonds is 3. The number of hydrogen-bond acceptors (Lipinski definition) is 4. The second-order valence-electron chi connectivity index (χ2n) is 4.26. The normalized spacial score (nSPS) is 10.3. The van der Waals surface area contributed by atoms with E-state index in [1.54, 1.807) is 11.8 Å². The summed E-state index contributed by atoms with van der Waals surface area (Å²) in [4.78, 5) is 0. The highest BCUT2D eigenvalue weighted by molar-refractivity contribution is 7.99. The van der Waals surface area contributed by atoms with Crippen LogP contribution < -0.4 is 5.73 Å². The minimum Gasteiger partial charge on any atom is -0.368 e. The van der Waals surface area contributed by atoms with Crippen molar-refractivity contribution in [3.8, 4) is 11.8 Å². The Hall–Kier alpha value is -1.93. The largest absolute Gasteiger partial charge is 0.368 e. The molecule has 2 N–H and O–H groups in total. The molecule has 0 spiro atoms. The second-order valence-corrected chi connectivity index (χ2v) is 5.20. The van der Waals surface area contributed by atoms with Crippen molar-refractivity contribution in [2.24, 2.45) is 0 Å². The molecule has 0 saturated heterocycles. The number of nitrogens with zero attached hydrogens (tertiary/aromatic N) is 3. The van der Waals surface area contributed by atoms with E-state index in [4.69, 9.17) is 5.73 Å². The average Bonchev–Trinajstić information content (AvgIpc) is 2.77. The van der Waals surface area contributed by atoms with Gasteiger partial charge < -0.3 is 5.73 Å². The lowest BCUT2D eigenvalue weighted by molar-refractivity contribution is 0.557. The fourth-order valence-corrected chi connectivity index (χ4v) is 2.45. The van der Waals surface area contributed by atoms with Crippen molar-refractivity contribution in [1.82, 2.24) is 14.8 Å². The molecule has 5 heteroatoms. The van der Waals surface area contributed by atoms with Gasteiger partial charge in [-0.15, -0.1) is 10.2 Å². The van der Waals surface area contributed by atoms with Crippen molar-refractivity contribution < 1.29 is 0 Å². The predicted octanol–water partition coefficient (Wildman–Crippen LogP) is 2.59. The van der Waals surface area contributed by atoms with Gasteiger partial charge in [0.15, 0.2) is 5.16 Å². The molecular weight excluding hydrogens is 256 g/mol. The standard InChI is InChI=1S/C14H16N4S/c1-11(2)18-13(15)16-17-14(18)19-10-6-9-12-7-4-3-5-8-12/h3-5,7-8,11H,10H2,1-2H3,(H2,15,16). The molecule has 1 heterocycles. The van der Waals surface area contributed by atoms with Crippen LogP contribution in [0.3, 0.4) is 0 Å². The number of aromatic nitrogens is 3. The summed E-state index contributed by atoms with van der Waals surface area (Å²) in [6, 6.07) is 10.2. The predicted molar refractivity (Wildman–Crippen MR) is 78.9 cm³/mol. The van der Waals surface area contributed by atoms with E-state index in [0.29, 0.717) is 11.7 Å². The van der Waals surface area contributed by atoms with Gasteiger partial charge in [0.25, 0.3) is 0 Å². The maximum atomic E-state index is 5.78. The van der Waals surface area contributed by atoms with Crippen molar-refractivity contribution in [2.45, 2.75) is 25.0 Å². The van der Waals surface area contributed by atoms with Gasteiger partial charge in [0.05, 0.1) is 5.75 Å². The quantitative estimate of drug-likeness (QED) is 0.689. The Morgan fingerprint density at radius 2 is 2.00 bits per heavy atom. The molecular formula is C14H16N4S. The van der Waals surface area contributed by atoms with Crippen LogP contribution in [-0.2, 0) is 0 Å². The monoisotopic (exact) mass is 272 g/mol. The molecule has 0 radical (unpaired) electrons. The first kappa shape index (κ1) is 13.5. The zero-order valence-electron chi connectivity index (χ0n) is 11.0. The Labute approximate surface area is 117 Å². The summed E-state index contributed by atoms with van der Waals surface area (Å²) in [5.74, 6) is 7.35. The average molecular weight is 272 g/mol. The van der Waals surface area contributed by atoms with Crippen LogP contribution in [0.2, 0.25) is 0 Å². The highest BCUT2D eigenvalue weighted by Gasteiger charge is 2.11. The molecule has 98 valence electrons. The Morgan fingerprint density at radius 3 is 2.68 bits per heavy atom. The smallest absolute Gasteiger partial charge is 0.222 e. The van der Waals surface area contributed by atoms with E-state index in [-0.39, 0.29) is 6.04 Å². The van der Waals surface area contributed by atoms with Crippen molar-refractivity contribution in [2.75, 3.05) is 11.5 Å². The zero-order chi connectivity index (χ0) is 13.7. The van der Waals surface area contributed by atoms with Gasteiger partial charge in [0, 0.05) is 11.6 Å². The van der Waals surface area contributed by atoms with E-state index in [2.05, 4.69) is 35.9 Å². The fraction of sp³-hybridized carbons (Fsp3) is 0.286. The lowest BCUT2D eigenvalue weighted by atomic mass is 10.2. The molecule has 1 aromatic heterocycles. The van der Waals surface area contributed by atoms with E-state index in [1.165, 1.54) is 0 Å². The molecule has 2 rings (SSSR count). The van der Waals surface area contributed by atoms with Gasteiger partial charge in [0.1, 0.15) is 0 Å². The minimum absolute atomic E-state index is 0.250. The van der Waals surface area contributed by atoms with Gasteiger partial charge in [-0.3, -0.25) is 4.57 Å². The van der Waals surface area contributed by atoms with Crippen LogP contribution in [0.1, 0.15) is 25.5 Å². The second kappa shape index (κ2) is 6.30. The fourth-order valence-electron chi connectivity index (χ4n) is 1.63. The molecule has 0 atom stereocenters. The first-order valence-electron chi connectivity index (χ1n) is 6.05. The molecule has 0 bridgehead atoms. The molecule has 0 fully saturated rings. The molecule has 19 heavy (non-hydrogen) atoms. The summed E-state index contributed by atoms with van der Waals surface area (Å²) in [5.41, 5.74) is 6.80. The van der Waals surface area contributed by atoms with Gasteiger partial charge in [0.2, 0.25) is 5.95 Å². The van der Waals surface area contributed by atoms with Crippen molar-refractivity contribution in [3.63, 3.8) is 0 Å². The Kier molecular flexibility index (Phi) is 4.48. The Balaban J connectivity index is 1.99. The maximum absolute atomic E-state index is 5.78. The third kappa shape index (κ3) is 3.52. The number of anilines is 1. The summed E-state index contributed by atoms with van der Waals surface area (Å²) in [5, 5.41) is 8.78. The Bertz CT molecular complexity index is 593. The molecule has 0 aliphatic heterocycles. The van der Waals surface area contributed by atoms with Crippen LogP contribution in [-0.4, -0.2) is 20.5 Å². The number of benzene rings is 1. The van der Waals surface area contributed by atoms with Crippen molar-refractivity contribution >= 4 is 17.7 Å². The molecule has 0 aliphatic carbocycles. The van der Waals surface area contributed by atoms with Gasteiger partial charge in [-0.2, -0.15) is 0 Å². The van der Waals surface area contributed by atoms with Gasteiger partial charge in [-0.25, -0.2) is 0 Å². The molecule has 0 saturated carbocycles. The molecule has 0 aliphatic rings. The van der Waals surface area contributed by atoms with Gasteiger partial charge >= 0.3 is 0 Å². The first-order valence-corrected chi connectivity index (χ1v) is 7.04. The number of hydrogen-bond donors (Lipinski definition) is 1. The summed E-state index contributed by atoms with van der Waals surface area (Å²) in [6.45, 7) is 4.11. The van der Waals surface area contributed by atoms with Crippen LogP contribution in [0.4, 0.5) is 5.95 Å². The minimum atomic E-state index is 0.250. The summed E-state index contributed by atoms with van der Waals surface area (Å²) in [7, 11) is 0. The summed E-state index contributed by atoms with van der Waals surface area (Å²) in [6.07, 6.45) is 0. The van der Waals surface area contributed by atoms with Crippen LogP contribution in [0.25, 0.3) is 0 Å². The highest BCUT2D eigenvalue weighted by atomic mass is 32.2. The number of nitrogen functional groups attached to an aromatic ring is 1. The molecule has 2 aromatic rings. The van der Waals surface area contributed by atoms with E-state index in [1.807, 2.05) is 34.9 Å². The third-order valence-corrected chi connectivity index (χ3v) is 3.31. The number of thioether (sulfide) groups is 1. The topological polar surface area (TPSA) is 56.7 Å². The molecule has 0 amide bonds. The summed E-state index contributed by atoms with van der Waals surface area (Å²) < 4.78 is 1.91. The Morgan fingerprint density at radius 1 is 1.26 bits per heavy atom. The zero-order valence-corrected chi connectivity index (χ0v) is 11.8. The third-order valence-electron chi connectivity index (χ3n) is 2.49. The summed E-state index contributed by atoms with van der Waals surface area (Å²) >= 11 is 1.55. The van der Waals surface area contributed by atoms with Crippen LogP contribution in [0.15, 0.2) is 35.5 Å². The highest BCUT2D eigenvalue weighted by Crippen LogP contribution is 2.21. The first-order chi connectivity index (χ1) is 9.18. The van der Waals surface area contributed by atoms with Crippen LogP contribution >= 0.6 is 11.8 Å². The molecule has 0 unspecified atom stereocenters. The van der Waals surface area contributed by atoms with E-state index in [9.17, 15) is 0 Å². The SMILES string of the molecule is CC(C)n1c(N)nnc1SCC#Cc1ccccc1. The van der Waals surface area contributed by atoms with Crippen molar-refractivity contribution in [1.29, 1.82) is 0 Å². The van der Waals surface area contributed by atoms with Crippen LogP contribution in [0, 0.1) is 11.8 Å². The lowest BCUT2D eigenvalue weighted by Gasteiger charge is -2.10. The maximum Gasteiger partial charge on any atom is 0.222 e. The lowest BCUT2D eigenvalue weighted by Crippen LogP contribution is -2.07. The van der Waals surface area contributed by atoms with Crippen molar-refractivity contribution in [3.05, 3.63) is 35.9 Å². The van der Waals surface area contributed by atoms with E-state index in [0.717, 1.165) is 10.7 Å². The van der Waals surface area contributed by atoms with Gasteiger partial charge in [-0.05, 0) is 26.0 Å². The molecule has 1 aromatic carbocycles. The van der Waals surface area contributed by atoms with Gasteiger partial charge in [-0.1, -0.05) is 41.8 Å². The van der Waals surface area contributed by atoms with Crippen LogP contribution in [0.5, 0.6) is 0 Å². The molecule has 4 nitrogen and oxygen atoms in total.